The number of ketones is 1. The number of hydrogen-bond donors (Lipinski definition) is 0. The summed E-state index contributed by atoms with van der Waals surface area (Å²) < 4.78 is 11.2. The van der Waals surface area contributed by atoms with Gasteiger partial charge in [0, 0.05) is 17.1 Å². The third-order valence-corrected chi connectivity index (χ3v) is 3.78. The minimum atomic E-state index is -0.852. The van der Waals surface area contributed by atoms with E-state index in [-0.39, 0.29) is 5.78 Å². The number of carbonyl (C=O) groups excluding carboxylic acids is 2. The summed E-state index contributed by atoms with van der Waals surface area (Å²) in [6.07, 6.45) is -0.852. The van der Waals surface area contributed by atoms with Gasteiger partial charge < -0.3 is 9.47 Å². The molecule has 0 aliphatic rings. The van der Waals surface area contributed by atoms with Gasteiger partial charge in [-0.15, -0.1) is 0 Å². The molecule has 0 aromatic heterocycles. The lowest BCUT2D eigenvalue weighted by atomic mass is 10.1. The SMILES string of the molecule is COCc1cccc(C(=O)O[C@@H](C)C(=O)c2ccc(Br)cc2)c1. The maximum Gasteiger partial charge on any atom is 0.338 e. The van der Waals surface area contributed by atoms with Crippen LogP contribution in [0.15, 0.2) is 53.0 Å². The summed E-state index contributed by atoms with van der Waals surface area (Å²) in [6, 6.07) is 13.9. The first-order chi connectivity index (χ1) is 11.0. The molecule has 0 radical (unpaired) electrons. The molecule has 0 heterocycles. The smallest absolute Gasteiger partial charge is 0.338 e. The molecule has 0 N–H and O–H groups in total. The van der Waals surface area contributed by atoms with Gasteiger partial charge in [0.2, 0.25) is 5.78 Å². The summed E-state index contributed by atoms with van der Waals surface area (Å²) >= 11 is 3.32. The van der Waals surface area contributed by atoms with Crippen LogP contribution in [0, 0.1) is 0 Å². The molecular weight excluding hydrogens is 360 g/mol. The summed E-state index contributed by atoms with van der Waals surface area (Å²) in [5.74, 6) is -0.764. The van der Waals surface area contributed by atoms with Crippen LogP contribution in [0.1, 0.15) is 33.2 Å². The van der Waals surface area contributed by atoms with Crippen molar-refractivity contribution in [3.8, 4) is 0 Å². The molecule has 1 atom stereocenters. The number of halogens is 1. The summed E-state index contributed by atoms with van der Waals surface area (Å²) in [5.41, 5.74) is 1.77. The Morgan fingerprint density at radius 1 is 1.09 bits per heavy atom. The molecule has 5 heteroatoms. The Labute approximate surface area is 143 Å². The van der Waals surface area contributed by atoms with Crippen LogP contribution in [0.5, 0.6) is 0 Å². The Bertz CT molecular complexity index is 694. The Hall–Kier alpha value is -1.98. The van der Waals surface area contributed by atoms with Gasteiger partial charge in [-0.2, -0.15) is 0 Å². The third kappa shape index (κ3) is 4.74. The summed E-state index contributed by atoms with van der Waals surface area (Å²) in [6.45, 7) is 1.98. The molecule has 2 aromatic carbocycles. The number of methoxy groups -OCH3 is 1. The van der Waals surface area contributed by atoms with E-state index in [0.29, 0.717) is 17.7 Å². The Morgan fingerprint density at radius 3 is 2.43 bits per heavy atom. The molecule has 120 valence electrons. The molecule has 23 heavy (non-hydrogen) atoms. The summed E-state index contributed by atoms with van der Waals surface area (Å²) in [7, 11) is 1.59. The highest BCUT2D eigenvalue weighted by atomic mass is 79.9. The fraction of sp³-hybridized carbons (Fsp3) is 0.222. The van der Waals surface area contributed by atoms with Gasteiger partial charge in [-0.3, -0.25) is 4.79 Å². The first kappa shape index (κ1) is 17.4. The second-order valence-electron chi connectivity index (χ2n) is 5.05. The number of carbonyl (C=O) groups is 2. The van der Waals surface area contributed by atoms with Crippen LogP contribution in [-0.4, -0.2) is 25.0 Å². The fourth-order valence-electron chi connectivity index (χ4n) is 2.09. The normalized spacial score (nSPS) is 11.8. The van der Waals surface area contributed by atoms with E-state index in [4.69, 9.17) is 9.47 Å². The first-order valence-electron chi connectivity index (χ1n) is 7.10. The number of ether oxygens (including phenoxy) is 2. The standard InChI is InChI=1S/C18H17BrO4/c1-12(17(20)14-6-8-16(19)9-7-14)23-18(21)15-5-3-4-13(10-15)11-22-2/h3-10,12H,11H2,1-2H3/t12-/m0/s1. The number of hydrogen-bond acceptors (Lipinski definition) is 4. The van der Waals surface area contributed by atoms with Crippen molar-refractivity contribution in [1.82, 2.24) is 0 Å². The van der Waals surface area contributed by atoms with E-state index >= 15 is 0 Å². The van der Waals surface area contributed by atoms with Gasteiger partial charge in [0.05, 0.1) is 12.2 Å². The van der Waals surface area contributed by atoms with Crippen molar-refractivity contribution in [2.24, 2.45) is 0 Å². The zero-order chi connectivity index (χ0) is 16.8. The van der Waals surface area contributed by atoms with Gasteiger partial charge in [0.1, 0.15) is 0 Å². The highest BCUT2D eigenvalue weighted by molar-refractivity contribution is 9.10. The summed E-state index contributed by atoms with van der Waals surface area (Å²) in [4.78, 5) is 24.5. The molecular formula is C18H17BrO4. The van der Waals surface area contributed by atoms with Gasteiger partial charge in [-0.05, 0) is 36.8 Å². The molecule has 0 bridgehead atoms. The van der Waals surface area contributed by atoms with E-state index in [0.717, 1.165) is 10.0 Å². The van der Waals surface area contributed by atoms with Crippen molar-refractivity contribution in [1.29, 1.82) is 0 Å². The van der Waals surface area contributed by atoms with Gasteiger partial charge in [0.15, 0.2) is 6.10 Å². The quantitative estimate of drug-likeness (QED) is 0.564. The minimum Gasteiger partial charge on any atom is -0.451 e. The molecule has 0 saturated carbocycles. The molecule has 2 rings (SSSR count). The second kappa shape index (κ2) is 8.04. The maximum absolute atomic E-state index is 12.3. The van der Waals surface area contributed by atoms with E-state index in [1.54, 1.807) is 56.5 Å². The van der Waals surface area contributed by atoms with Crippen molar-refractivity contribution in [3.63, 3.8) is 0 Å². The molecule has 0 aliphatic carbocycles. The number of Topliss-reactive ketones (excluding diaryl/α,β-unsaturated/α-hetero) is 1. The highest BCUT2D eigenvalue weighted by Gasteiger charge is 2.20. The van der Waals surface area contributed by atoms with Crippen molar-refractivity contribution in [2.75, 3.05) is 7.11 Å². The summed E-state index contributed by atoms with van der Waals surface area (Å²) in [5, 5.41) is 0. The lowest BCUT2D eigenvalue weighted by molar-refractivity contribution is 0.0318. The number of esters is 1. The Balaban J connectivity index is 2.05. The first-order valence-corrected chi connectivity index (χ1v) is 7.89. The van der Waals surface area contributed by atoms with E-state index in [9.17, 15) is 9.59 Å². The largest absolute Gasteiger partial charge is 0.451 e. The molecule has 0 fully saturated rings. The molecule has 2 aromatic rings. The maximum atomic E-state index is 12.3. The van der Waals surface area contributed by atoms with Crippen LogP contribution >= 0.6 is 15.9 Å². The average molecular weight is 377 g/mol. The highest BCUT2D eigenvalue weighted by Crippen LogP contribution is 2.14. The monoisotopic (exact) mass is 376 g/mol. The number of benzene rings is 2. The van der Waals surface area contributed by atoms with Gasteiger partial charge in [-0.1, -0.05) is 40.2 Å². The fourth-order valence-corrected chi connectivity index (χ4v) is 2.35. The van der Waals surface area contributed by atoms with Crippen LogP contribution in [-0.2, 0) is 16.1 Å². The van der Waals surface area contributed by atoms with Crippen LogP contribution in [0.2, 0.25) is 0 Å². The second-order valence-corrected chi connectivity index (χ2v) is 5.97. The third-order valence-electron chi connectivity index (χ3n) is 3.26. The number of rotatable bonds is 6. The van der Waals surface area contributed by atoms with Crippen LogP contribution in [0.25, 0.3) is 0 Å². The van der Waals surface area contributed by atoms with Crippen molar-refractivity contribution >= 4 is 27.7 Å². The predicted molar refractivity (Wildman–Crippen MR) is 90.5 cm³/mol. The molecule has 0 aliphatic heterocycles. The Kier molecular flexibility index (Phi) is 6.07. The van der Waals surface area contributed by atoms with Gasteiger partial charge in [-0.25, -0.2) is 4.79 Å². The Morgan fingerprint density at radius 2 is 1.78 bits per heavy atom. The zero-order valence-corrected chi connectivity index (χ0v) is 14.5. The van der Waals surface area contributed by atoms with Crippen molar-refractivity contribution in [2.45, 2.75) is 19.6 Å². The van der Waals surface area contributed by atoms with Crippen molar-refractivity contribution in [3.05, 3.63) is 69.7 Å². The predicted octanol–water partition coefficient (Wildman–Crippen LogP) is 4.02. The van der Waals surface area contributed by atoms with Crippen LogP contribution in [0.3, 0.4) is 0 Å². The van der Waals surface area contributed by atoms with Crippen molar-refractivity contribution < 1.29 is 19.1 Å². The average Bonchev–Trinajstić information content (AvgIpc) is 2.55. The van der Waals surface area contributed by atoms with Crippen LogP contribution < -0.4 is 0 Å². The lowest BCUT2D eigenvalue weighted by Crippen LogP contribution is -2.24. The topological polar surface area (TPSA) is 52.6 Å². The molecule has 0 spiro atoms. The van der Waals surface area contributed by atoms with Crippen LogP contribution in [0.4, 0.5) is 0 Å². The molecule has 0 saturated heterocycles. The zero-order valence-electron chi connectivity index (χ0n) is 12.9. The van der Waals surface area contributed by atoms with E-state index in [1.807, 2.05) is 6.07 Å². The van der Waals surface area contributed by atoms with Gasteiger partial charge in [0.25, 0.3) is 0 Å². The molecule has 0 unspecified atom stereocenters. The van der Waals surface area contributed by atoms with E-state index in [1.165, 1.54) is 0 Å². The lowest BCUT2D eigenvalue weighted by Gasteiger charge is -2.13. The van der Waals surface area contributed by atoms with E-state index < -0.39 is 12.1 Å². The molecule has 0 amide bonds. The van der Waals surface area contributed by atoms with Gasteiger partial charge >= 0.3 is 5.97 Å². The minimum absolute atomic E-state index is 0.237. The van der Waals surface area contributed by atoms with E-state index in [2.05, 4.69) is 15.9 Å². The molecule has 4 nitrogen and oxygen atoms in total.